The lowest BCUT2D eigenvalue weighted by Gasteiger charge is -2.35. The van der Waals surface area contributed by atoms with Crippen molar-refractivity contribution in [1.29, 1.82) is 0 Å². The van der Waals surface area contributed by atoms with E-state index >= 15 is 0 Å². The summed E-state index contributed by atoms with van der Waals surface area (Å²) in [6.07, 6.45) is 0.658. The van der Waals surface area contributed by atoms with Crippen LogP contribution in [0, 0.1) is 5.92 Å². The average Bonchev–Trinajstić information content (AvgIpc) is 2.59. The van der Waals surface area contributed by atoms with E-state index in [0.717, 1.165) is 11.1 Å². The fourth-order valence-electron chi connectivity index (χ4n) is 2.99. The number of hydrogen-bond donors (Lipinski definition) is 1. The Morgan fingerprint density at radius 1 is 1.04 bits per heavy atom. The lowest BCUT2D eigenvalue weighted by Crippen LogP contribution is -2.42. The molecule has 0 heterocycles. The van der Waals surface area contributed by atoms with Crippen LogP contribution in [-0.2, 0) is 21.6 Å². The van der Waals surface area contributed by atoms with Crippen molar-refractivity contribution < 1.29 is 9.53 Å². The molecular weight excluding hydrogens is 304 g/mol. The van der Waals surface area contributed by atoms with Gasteiger partial charge in [0.15, 0.2) is 0 Å². The first kappa shape index (κ1) is 17.6. The van der Waals surface area contributed by atoms with E-state index in [0.29, 0.717) is 18.8 Å². The molecule has 122 valence electrons. The Morgan fingerprint density at radius 2 is 1.61 bits per heavy atom. The zero-order valence-electron chi connectivity index (χ0n) is 13.7. The maximum Gasteiger partial charge on any atom is 0.317 e. The fourth-order valence-corrected chi connectivity index (χ4v) is 3.34. The molecule has 0 aliphatic heterocycles. The van der Waals surface area contributed by atoms with Crippen LogP contribution in [0.5, 0.6) is 0 Å². The van der Waals surface area contributed by atoms with Gasteiger partial charge in [0.2, 0.25) is 0 Å². The highest BCUT2D eigenvalue weighted by atomic mass is 32.1. The van der Waals surface area contributed by atoms with Gasteiger partial charge in [-0.25, -0.2) is 0 Å². The zero-order chi connectivity index (χ0) is 16.7. The highest BCUT2D eigenvalue weighted by Gasteiger charge is 2.43. The van der Waals surface area contributed by atoms with Crippen LogP contribution in [0.15, 0.2) is 60.7 Å². The molecule has 0 spiro atoms. The largest absolute Gasteiger partial charge is 0.460 e. The van der Waals surface area contributed by atoms with Gasteiger partial charge < -0.3 is 4.74 Å². The summed E-state index contributed by atoms with van der Waals surface area (Å²) in [6, 6.07) is 19.7. The Morgan fingerprint density at radius 3 is 2.13 bits per heavy atom. The van der Waals surface area contributed by atoms with Gasteiger partial charge in [0.1, 0.15) is 6.61 Å². The minimum Gasteiger partial charge on any atom is -0.460 e. The van der Waals surface area contributed by atoms with Crippen LogP contribution in [0.4, 0.5) is 0 Å². The van der Waals surface area contributed by atoms with E-state index in [1.807, 2.05) is 60.7 Å². The lowest BCUT2D eigenvalue weighted by molar-refractivity contribution is -0.154. The number of esters is 1. The molecular formula is C20H24O2S. The van der Waals surface area contributed by atoms with E-state index in [2.05, 4.69) is 26.5 Å². The second-order valence-electron chi connectivity index (χ2n) is 6.03. The molecule has 0 fully saturated rings. The van der Waals surface area contributed by atoms with Gasteiger partial charge in [-0.1, -0.05) is 74.5 Å². The first-order chi connectivity index (χ1) is 11.1. The van der Waals surface area contributed by atoms with E-state index in [4.69, 9.17) is 4.74 Å². The minimum absolute atomic E-state index is 0.125. The normalized spacial score (nSPS) is 13.6. The van der Waals surface area contributed by atoms with E-state index in [1.165, 1.54) is 0 Å². The quantitative estimate of drug-likeness (QED) is 0.592. The second-order valence-corrected chi connectivity index (χ2v) is 6.47. The van der Waals surface area contributed by atoms with Gasteiger partial charge in [0, 0.05) is 0 Å². The third-order valence-electron chi connectivity index (χ3n) is 4.36. The number of thiol groups is 1. The maximum atomic E-state index is 13.0. The molecule has 0 aromatic heterocycles. The van der Waals surface area contributed by atoms with Gasteiger partial charge in [0.05, 0.1) is 5.41 Å². The summed E-state index contributed by atoms with van der Waals surface area (Å²) in [5, 5.41) is 0. The number of hydrogen-bond acceptors (Lipinski definition) is 3. The summed E-state index contributed by atoms with van der Waals surface area (Å²) in [6.45, 7) is 4.44. The van der Waals surface area contributed by atoms with Gasteiger partial charge in [-0.05, 0) is 29.2 Å². The van der Waals surface area contributed by atoms with E-state index in [-0.39, 0.29) is 11.9 Å². The maximum absolute atomic E-state index is 13.0. The third kappa shape index (κ3) is 3.97. The number of benzene rings is 2. The van der Waals surface area contributed by atoms with E-state index in [9.17, 15) is 4.79 Å². The molecule has 0 amide bonds. The molecule has 0 N–H and O–H groups in total. The molecule has 0 saturated carbocycles. The highest BCUT2D eigenvalue weighted by molar-refractivity contribution is 7.80. The van der Waals surface area contributed by atoms with E-state index in [1.54, 1.807) is 0 Å². The van der Waals surface area contributed by atoms with Crippen molar-refractivity contribution in [2.45, 2.75) is 32.3 Å². The second kappa shape index (κ2) is 8.21. The van der Waals surface area contributed by atoms with Crippen LogP contribution < -0.4 is 0 Å². The monoisotopic (exact) mass is 328 g/mol. The zero-order valence-corrected chi connectivity index (χ0v) is 14.6. The Labute approximate surface area is 144 Å². The van der Waals surface area contributed by atoms with Crippen LogP contribution in [0.25, 0.3) is 0 Å². The Kier molecular flexibility index (Phi) is 6.28. The smallest absolute Gasteiger partial charge is 0.317 e. The molecule has 3 heteroatoms. The number of carbonyl (C=O) groups is 1. The van der Waals surface area contributed by atoms with Crippen molar-refractivity contribution in [2.75, 3.05) is 5.75 Å². The molecule has 2 rings (SSSR count). The molecule has 1 unspecified atom stereocenters. The Balaban J connectivity index is 2.27. The summed E-state index contributed by atoms with van der Waals surface area (Å²) >= 11 is 4.38. The van der Waals surface area contributed by atoms with Gasteiger partial charge in [-0.3, -0.25) is 4.79 Å². The van der Waals surface area contributed by atoms with Crippen LogP contribution in [0.2, 0.25) is 0 Å². The molecule has 1 atom stereocenters. The Bertz CT molecular complexity index is 610. The SMILES string of the molecule is CC(C)C(CCS)(C(=O)OCc1ccccc1)c1ccccc1. The summed E-state index contributed by atoms with van der Waals surface area (Å²) in [7, 11) is 0. The van der Waals surface area contributed by atoms with Crippen LogP contribution >= 0.6 is 12.6 Å². The van der Waals surface area contributed by atoms with Gasteiger partial charge in [-0.15, -0.1) is 0 Å². The molecule has 0 radical (unpaired) electrons. The van der Waals surface area contributed by atoms with Gasteiger partial charge in [0.25, 0.3) is 0 Å². The standard InChI is InChI=1S/C20H24O2S/c1-16(2)20(13-14-23,18-11-7-4-8-12-18)19(21)22-15-17-9-5-3-6-10-17/h3-12,16,23H,13-15H2,1-2H3. The summed E-state index contributed by atoms with van der Waals surface area (Å²) in [5.41, 5.74) is 1.34. The van der Waals surface area contributed by atoms with Crippen molar-refractivity contribution >= 4 is 18.6 Å². The summed E-state index contributed by atoms with van der Waals surface area (Å²) in [5.74, 6) is 0.588. The number of ether oxygens (including phenoxy) is 1. The van der Waals surface area contributed by atoms with Crippen LogP contribution in [0.1, 0.15) is 31.4 Å². The van der Waals surface area contributed by atoms with Crippen molar-refractivity contribution in [2.24, 2.45) is 5.92 Å². The van der Waals surface area contributed by atoms with E-state index < -0.39 is 5.41 Å². The average molecular weight is 328 g/mol. The molecule has 2 aromatic rings. The minimum atomic E-state index is -0.655. The van der Waals surface area contributed by atoms with Gasteiger partial charge in [-0.2, -0.15) is 12.6 Å². The van der Waals surface area contributed by atoms with Crippen molar-refractivity contribution in [3.05, 3.63) is 71.8 Å². The predicted octanol–water partition coefficient (Wildman–Crippen LogP) is 4.64. The topological polar surface area (TPSA) is 26.3 Å². The van der Waals surface area contributed by atoms with Crippen molar-refractivity contribution in [3.8, 4) is 0 Å². The summed E-state index contributed by atoms with van der Waals surface area (Å²) < 4.78 is 5.69. The Hall–Kier alpha value is -1.74. The molecule has 0 aliphatic carbocycles. The number of rotatable bonds is 7. The first-order valence-corrected chi connectivity index (χ1v) is 8.62. The molecule has 0 bridgehead atoms. The van der Waals surface area contributed by atoms with Crippen molar-refractivity contribution in [3.63, 3.8) is 0 Å². The highest BCUT2D eigenvalue weighted by Crippen LogP contribution is 2.38. The van der Waals surface area contributed by atoms with Crippen LogP contribution in [-0.4, -0.2) is 11.7 Å². The van der Waals surface area contributed by atoms with Crippen LogP contribution in [0.3, 0.4) is 0 Å². The molecule has 0 aliphatic rings. The summed E-state index contributed by atoms with van der Waals surface area (Å²) in [4.78, 5) is 13.0. The lowest BCUT2D eigenvalue weighted by atomic mass is 9.69. The van der Waals surface area contributed by atoms with Crippen molar-refractivity contribution in [1.82, 2.24) is 0 Å². The number of carbonyl (C=O) groups excluding carboxylic acids is 1. The third-order valence-corrected chi connectivity index (χ3v) is 4.58. The fraction of sp³-hybridized carbons (Fsp3) is 0.350. The predicted molar refractivity (Wildman–Crippen MR) is 97.7 cm³/mol. The first-order valence-electron chi connectivity index (χ1n) is 7.99. The molecule has 2 nitrogen and oxygen atoms in total. The molecule has 23 heavy (non-hydrogen) atoms. The van der Waals surface area contributed by atoms with Gasteiger partial charge >= 0.3 is 5.97 Å². The molecule has 2 aromatic carbocycles. The molecule has 0 saturated heterocycles.